The van der Waals surface area contributed by atoms with Crippen LogP contribution in [0.3, 0.4) is 0 Å². The van der Waals surface area contributed by atoms with Crippen LogP contribution in [0.25, 0.3) is 0 Å². The summed E-state index contributed by atoms with van der Waals surface area (Å²) in [5.41, 5.74) is 2.02. The van der Waals surface area contributed by atoms with E-state index in [1.807, 2.05) is 12.1 Å². The fourth-order valence-corrected chi connectivity index (χ4v) is 2.33. The summed E-state index contributed by atoms with van der Waals surface area (Å²) in [6.07, 6.45) is 0. The molecule has 2 amide bonds. The molecule has 0 heterocycles. The van der Waals surface area contributed by atoms with Gasteiger partial charge in [0.2, 0.25) is 0 Å². The standard InChI is InChI=1S/C20H22N2O4/c1-14(23)17-5-4-6-18(11-17)26-13-19(24)22(3)12-15-7-9-16(10-8-15)20(25)21-2/h4-11H,12-13H2,1-3H3,(H,21,25). The molecule has 0 aliphatic heterocycles. The van der Waals surface area contributed by atoms with Gasteiger partial charge in [-0.2, -0.15) is 0 Å². The van der Waals surface area contributed by atoms with Crippen LogP contribution in [-0.4, -0.2) is 43.2 Å². The zero-order valence-electron chi connectivity index (χ0n) is 15.1. The number of rotatable bonds is 7. The van der Waals surface area contributed by atoms with E-state index < -0.39 is 0 Å². The van der Waals surface area contributed by atoms with Crippen LogP contribution in [0.4, 0.5) is 0 Å². The zero-order valence-corrected chi connectivity index (χ0v) is 15.1. The molecule has 6 nitrogen and oxygen atoms in total. The van der Waals surface area contributed by atoms with Crippen molar-refractivity contribution in [2.24, 2.45) is 0 Å². The van der Waals surface area contributed by atoms with Crippen LogP contribution in [0.1, 0.15) is 33.2 Å². The van der Waals surface area contributed by atoms with Gasteiger partial charge in [0.1, 0.15) is 5.75 Å². The molecule has 2 rings (SSSR count). The van der Waals surface area contributed by atoms with Crippen molar-refractivity contribution in [2.45, 2.75) is 13.5 Å². The fraction of sp³-hybridized carbons (Fsp3) is 0.250. The van der Waals surface area contributed by atoms with Crippen LogP contribution in [-0.2, 0) is 11.3 Å². The second-order valence-corrected chi connectivity index (χ2v) is 5.90. The summed E-state index contributed by atoms with van der Waals surface area (Å²) in [5.74, 6) is 0.0873. The molecular formula is C20H22N2O4. The maximum Gasteiger partial charge on any atom is 0.260 e. The van der Waals surface area contributed by atoms with E-state index >= 15 is 0 Å². The number of nitrogens with one attached hydrogen (secondary N) is 1. The van der Waals surface area contributed by atoms with Crippen LogP contribution in [0, 0.1) is 0 Å². The van der Waals surface area contributed by atoms with Gasteiger partial charge in [-0.15, -0.1) is 0 Å². The van der Waals surface area contributed by atoms with Crippen LogP contribution in [0.15, 0.2) is 48.5 Å². The second-order valence-electron chi connectivity index (χ2n) is 5.90. The summed E-state index contributed by atoms with van der Waals surface area (Å²) in [6.45, 7) is 1.77. The molecule has 6 heteroatoms. The highest BCUT2D eigenvalue weighted by molar-refractivity contribution is 5.94. The van der Waals surface area contributed by atoms with Crippen LogP contribution in [0.5, 0.6) is 5.75 Å². The highest BCUT2D eigenvalue weighted by Crippen LogP contribution is 2.14. The molecule has 26 heavy (non-hydrogen) atoms. The first-order chi connectivity index (χ1) is 12.4. The van der Waals surface area contributed by atoms with Crippen LogP contribution >= 0.6 is 0 Å². The lowest BCUT2D eigenvalue weighted by Crippen LogP contribution is -2.31. The molecule has 0 atom stereocenters. The minimum Gasteiger partial charge on any atom is -0.484 e. The molecule has 0 fully saturated rings. The molecule has 0 saturated heterocycles. The summed E-state index contributed by atoms with van der Waals surface area (Å²) in [7, 11) is 3.26. The lowest BCUT2D eigenvalue weighted by Gasteiger charge is -2.18. The first-order valence-corrected chi connectivity index (χ1v) is 8.19. The number of hydrogen-bond acceptors (Lipinski definition) is 4. The summed E-state index contributed by atoms with van der Waals surface area (Å²) in [6, 6.07) is 13.8. The van der Waals surface area contributed by atoms with Gasteiger partial charge in [0.25, 0.3) is 11.8 Å². The number of likely N-dealkylation sites (N-methyl/N-ethyl adjacent to an activating group) is 1. The average Bonchev–Trinajstić information content (AvgIpc) is 2.66. The predicted octanol–water partition coefficient (Wildman–Crippen LogP) is 2.29. The highest BCUT2D eigenvalue weighted by atomic mass is 16.5. The minimum atomic E-state index is -0.186. The first-order valence-electron chi connectivity index (χ1n) is 8.19. The molecule has 2 aromatic rings. The summed E-state index contributed by atoms with van der Waals surface area (Å²) < 4.78 is 5.49. The average molecular weight is 354 g/mol. The fourth-order valence-electron chi connectivity index (χ4n) is 2.33. The van der Waals surface area contributed by atoms with E-state index in [-0.39, 0.29) is 24.2 Å². The molecule has 0 aromatic heterocycles. The largest absolute Gasteiger partial charge is 0.484 e. The van der Waals surface area contributed by atoms with Crippen molar-refractivity contribution in [3.8, 4) is 5.75 Å². The Labute approximate surface area is 152 Å². The van der Waals surface area contributed by atoms with Gasteiger partial charge in [0.15, 0.2) is 12.4 Å². The Hall–Kier alpha value is -3.15. The number of amides is 2. The van der Waals surface area contributed by atoms with Crippen molar-refractivity contribution in [3.05, 3.63) is 65.2 Å². The van der Waals surface area contributed by atoms with Crippen molar-refractivity contribution in [1.82, 2.24) is 10.2 Å². The molecule has 0 aliphatic rings. The Balaban J connectivity index is 1.90. The molecule has 1 N–H and O–H groups in total. The Morgan fingerprint density at radius 2 is 1.73 bits per heavy atom. The van der Waals surface area contributed by atoms with Crippen molar-refractivity contribution >= 4 is 17.6 Å². The third-order valence-electron chi connectivity index (χ3n) is 3.89. The Kier molecular flexibility index (Phi) is 6.49. The number of benzene rings is 2. The highest BCUT2D eigenvalue weighted by Gasteiger charge is 2.11. The van der Waals surface area contributed by atoms with Gasteiger partial charge in [0, 0.05) is 31.8 Å². The second kappa shape index (κ2) is 8.80. The van der Waals surface area contributed by atoms with E-state index in [4.69, 9.17) is 4.74 Å². The Morgan fingerprint density at radius 1 is 1.04 bits per heavy atom. The Morgan fingerprint density at radius 3 is 2.35 bits per heavy atom. The molecule has 136 valence electrons. The third-order valence-corrected chi connectivity index (χ3v) is 3.89. The van der Waals surface area contributed by atoms with E-state index in [0.29, 0.717) is 23.4 Å². The molecular weight excluding hydrogens is 332 g/mol. The van der Waals surface area contributed by atoms with E-state index in [0.717, 1.165) is 5.56 Å². The number of ketones is 1. The number of Topliss-reactive ketones (excluding diaryl/α,β-unsaturated/α-hetero) is 1. The quantitative estimate of drug-likeness (QED) is 0.774. The lowest BCUT2D eigenvalue weighted by molar-refractivity contribution is -0.132. The van der Waals surface area contributed by atoms with Gasteiger partial charge in [-0.05, 0) is 36.8 Å². The van der Waals surface area contributed by atoms with Gasteiger partial charge in [-0.3, -0.25) is 14.4 Å². The molecule has 0 bridgehead atoms. The Bertz CT molecular complexity index is 800. The molecule has 2 aromatic carbocycles. The van der Waals surface area contributed by atoms with E-state index in [2.05, 4.69) is 5.32 Å². The SMILES string of the molecule is CNC(=O)c1ccc(CN(C)C(=O)COc2cccc(C(C)=O)c2)cc1. The van der Waals surface area contributed by atoms with E-state index in [1.165, 1.54) is 6.92 Å². The number of hydrogen-bond donors (Lipinski definition) is 1. The van der Waals surface area contributed by atoms with Gasteiger partial charge < -0.3 is 15.0 Å². The van der Waals surface area contributed by atoms with Crippen molar-refractivity contribution < 1.29 is 19.1 Å². The molecule has 0 unspecified atom stereocenters. The smallest absolute Gasteiger partial charge is 0.260 e. The van der Waals surface area contributed by atoms with Crippen LogP contribution < -0.4 is 10.1 Å². The number of ether oxygens (including phenoxy) is 1. The number of nitrogens with zero attached hydrogens (tertiary/aromatic N) is 1. The lowest BCUT2D eigenvalue weighted by atomic mass is 10.1. The molecule has 0 spiro atoms. The maximum absolute atomic E-state index is 12.2. The van der Waals surface area contributed by atoms with Gasteiger partial charge in [-0.1, -0.05) is 24.3 Å². The monoisotopic (exact) mass is 354 g/mol. The maximum atomic E-state index is 12.2. The number of carbonyl (C=O) groups excluding carboxylic acids is 3. The normalized spacial score (nSPS) is 10.1. The summed E-state index contributed by atoms with van der Waals surface area (Å²) in [5, 5.41) is 2.56. The van der Waals surface area contributed by atoms with Gasteiger partial charge >= 0.3 is 0 Å². The van der Waals surface area contributed by atoms with Gasteiger partial charge in [-0.25, -0.2) is 0 Å². The van der Waals surface area contributed by atoms with Crippen molar-refractivity contribution in [1.29, 1.82) is 0 Å². The van der Waals surface area contributed by atoms with Crippen molar-refractivity contribution in [3.63, 3.8) is 0 Å². The molecule has 0 saturated carbocycles. The molecule has 0 radical (unpaired) electrons. The van der Waals surface area contributed by atoms with Crippen LogP contribution in [0.2, 0.25) is 0 Å². The molecule has 0 aliphatic carbocycles. The third kappa shape index (κ3) is 5.17. The summed E-state index contributed by atoms with van der Waals surface area (Å²) >= 11 is 0. The topological polar surface area (TPSA) is 75.7 Å². The van der Waals surface area contributed by atoms with E-state index in [1.54, 1.807) is 55.4 Å². The number of carbonyl (C=O) groups is 3. The predicted molar refractivity (Wildman–Crippen MR) is 98.2 cm³/mol. The minimum absolute atomic E-state index is 0.0564. The van der Waals surface area contributed by atoms with Gasteiger partial charge in [0.05, 0.1) is 0 Å². The first kappa shape index (κ1) is 19.2. The zero-order chi connectivity index (χ0) is 19.1. The van der Waals surface area contributed by atoms with Crippen molar-refractivity contribution in [2.75, 3.05) is 20.7 Å². The summed E-state index contributed by atoms with van der Waals surface area (Å²) in [4.78, 5) is 36.7. The van der Waals surface area contributed by atoms with E-state index in [9.17, 15) is 14.4 Å².